The maximum atomic E-state index is 13.4. The summed E-state index contributed by atoms with van der Waals surface area (Å²) in [6.07, 6.45) is -3.09. The molecule has 0 aromatic heterocycles. The van der Waals surface area contributed by atoms with Crippen molar-refractivity contribution in [2.75, 3.05) is 13.1 Å². The molecule has 1 amide bonds. The molecular weight excluding hydrogens is 324 g/mol. The fourth-order valence-electron chi connectivity index (χ4n) is 3.16. The van der Waals surface area contributed by atoms with Gasteiger partial charge in [0.15, 0.2) is 0 Å². The molecule has 0 bridgehead atoms. The second-order valence-corrected chi connectivity index (χ2v) is 6.08. The van der Waals surface area contributed by atoms with Crippen molar-refractivity contribution in [3.05, 3.63) is 35.6 Å². The number of hydrogen-bond donors (Lipinski definition) is 0. The van der Waals surface area contributed by atoms with Gasteiger partial charge >= 0.3 is 12.1 Å². The van der Waals surface area contributed by atoms with E-state index in [9.17, 15) is 22.4 Å². The molecule has 1 aromatic rings. The number of benzene rings is 1. The van der Waals surface area contributed by atoms with Crippen molar-refractivity contribution in [3.63, 3.8) is 0 Å². The van der Waals surface area contributed by atoms with E-state index in [1.807, 2.05) is 0 Å². The molecule has 3 nitrogen and oxygen atoms in total. The number of carbonyl (C=O) groups is 1. The van der Waals surface area contributed by atoms with Crippen LogP contribution in [0.25, 0.3) is 0 Å². The minimum atomic E-state index is -4.84. The minimum Gasteiger partial charge on any atom is -0.335 e. The molecule has 0 spiro atoms. The number of piperidine rings is 1. The van der Waals surface area contributed by atoms with Gasteiger partial charge in [-0.3, -0.25) is 4.79 Å². The summed E-state index contributed by atoms with van der Waals surface area (Å²) in [5.74, 6) is -2.20. The molecule has 1 atom stereocenters. The lowest BCUT2D eigenvalue weighted by Crippen LogP contribution is -2.45. The number of hydrogen-bond acceptors (Lipinski definition) is 2. The van der Waals surface area contributed by atoms with Gasteiger partial charge in [0.25, 0.3) is 0 Å². The lowest BCUT2D eigenvalue weighted by atomic mass is 9.82. The first kappa shape index (κ1) is 18.2. The molecule has 2 rings (SSSR count). The summed E-state index contributed by atoms with van der Waals surface area (Å²) in [6, 6.07) is 8.15. The number of likely N-dealkylation sites (tertiary alicyclic amines) is 1. The molecule has 0 aliphatic carbocycles. The van der Waals surface area contributed by atoms with E-state index in [1.54, 1.807) is 12.1 Å². The predicted octanol–water partition coefficient (Wildman–Crippen LogP) is 4.01. The first-order valence-corrected chi connectivity index (χ1v) is 7.79. The Bertz CT molecular complexity index is 616. The standard InChI is InChI=1S/C17H18F4N2O/c18-15-3-1-2-13(11-15)14(4-7-22)10-12-5-8-23(9-6-12)16(24)17(19,20)21/h1-3,11-12,14H,4-6,8-10H2. The van der Waals surface area contributed by atoms with E-state index >= 15 is 0 Å². The number of halogens is 4. The molecule has 1 heterocycles. The Labute approximate surface area is 137 Å². The smallest absolute Gasteiger partial charge is 0.335 e. The molecule has 1 unspecified atom stereocenters. The number of alkyl halides is 3. The van der Waals surface area contributed by atoms with Crippen molar-refractivity contribution < 1.29 is 22.4 Å². The van der Waals surface area contributed by atoms with Gasteiger partial charge in [-0.2, -0.15) is 18.4 Å². The minimum absolute atomic E-state index is 0.0609. The van der Waals surface area contributed by atoms with E-state index in [4.69, 9.17) is 5.26 Å². The molecule has 130 valence electrons. The van der Waals surface area contributed by atoms with Crippen LogP contribution in [0, 0.1) is 23.1 Å². The maximum absolute atomic E-state index is 13.4. The molecule has 24 heavy (non-hydrogen) atoms. The van der Waals surface area contributed by atoms with Crippen LogP contribution in [0.4, 0.5) is 17.6 Å². The zero-order chi connectivity index (χ0) is 17.7. The summed E-state index contributed by atoms with van der Waals surface area (Å²) in [7, 11) is 0. The number of amides is 1. The molecule has 0 saturated carbocycles. The third-order valence-electron chi connectivity index (χ3n) is 4.42. The lowest BCUT2D eigenvalue weighted by Gasteiger charge is -2.33. The topological polar surface area (TPSA) is 44.1 Å². The van der Waals surface area contributed by atoms with Crippen LogP contribution in [0.5, 0.6) is 0 Å². The quantitative estimate of drug-likeness (QED) is 0.776. The highest BCUT2D eigenvalue weighted by Gasteiger charge is 2.43. The fourth-order valence-corrected chi connectivity index (χ4v) is 3.16. The monoisotopic (exact) mass is 342 g/mol. The first-order valence-electron chi connectivity index (χ1n) is 7.79. The van der Waals surface area contributed by atoms with E-state index in [0.717, 1.165) is 10.5 Å². The largest absolute Gasteiger partial charge is 0.471 e. The zero-order valence-electron chi connectivity index (χ0n) is 13.0. The molecule has 1 aromatic carbocycles. The van der Waals surface area contributed by atoms with Gasteiger partial charge in [0, 0.05) is 19.5 Å². The molecule has 1 aliphatic rings. The van der Waals surface area contributed by atoms with E-state index in [1.165, 1.54) is 12.1 Å². The Morgan fingerprint density at radius 3 is 2.54 bits per heavy atom. The van der Waals surface area contributed by atoms with Crippen LogP contribution in [0.3, 0.4) is 0 Å². The third kappa shape index (κ3) is 4.70. The fraction of sp³-hybridized carbons (Fsp3) is 0.529. The Morgan fingerprint density at radius 1 is 1.33 bits per heavy atom. The van der Waals surface area contributed by atoms with Gasteiger partial charge in [-0.1, -0.05) is 12.1 Å². The van der Waals surface area contributed by atoms with Crippen LogP contribution in [0.1, 0.15) is 37.2 Å². The van der Waals surface area contributed by atoms with Gasteiger partial charge in [0.2, 0.25) is 0 Å². The van der Waals surface area contributed by atoms with Crippen LogP contribution >= 0.6 is 0 Å². The number of nitrogens with zero attached hydrogens (tertiary/aromatic N) is 2. The summed E-state index contributed by atoms with van der Waals surface area (Å²) in [5.41, 5.74) is 0.727. The van der Waals surface area contributed by atoms with Crippen molar-refractivity contribution in [1.29, 1.82) is 5.26 Å². The van der Waals surface area contributed by atoms with Crippen LogP contribution in [-0.4, -0.2) is 30.1 Å². The summed E-state index contributed by atoms with van der Waals surface area (Å²) >= 11 is 0. The van der Waals surface area contributed by atoms with E-state index in [0.29, 0.717) is 19.3 Å². The molecule has 7 heteroatoms. The van der Waals surface area contributed by atoms with Crippen LogP contribution < -0.4 is 0 Å². The summed E-state index contributed by atoms with van der Waals surface area (Å²) in [5, 5.41) is 8.98. The van der Waals surface area contributed by atoms with Gasteiger partial charge in [-0.05, 0) is 48.8 Å². The number of rotatable bonds is 4. The normalized spacial score (nSPS) is 17.4. The van der Waals surface area contributed by atoms with Gasteiger partial charge < -0.3 is 4.90 Å². The molecule has 1 aliphatic heterocycles. The van der Waals surface area contributed by atoms with Crippen molar-refractivity contribution in [1.82, 2.24) is 4.90 Å². The number of carbonyl (C=O) groups excluding carboxylic acids is 1. The van der Waals surface area contributed by atoms with Gasteiger partial charge in [-0.15, -0.1) is 0 Å². The van der Waals surface area contributed by atoms with Gasteiger partial charge in [-0.25, -0.2) is 4.39 Å². The van der Waals surface area contributed by atoms with Gasteiger partial charge in [0.05, 0.1) is 6.07 Å². The van der Waals surface area contributed by atoms with E-state index in [-0.39, 0.29) is 37.2 Å². The van der Waals surface area contributed by atoms with E-state index in [2.05, 4.69) is 6.07 Å². The summed E-state index contributed by atoms with van der Waals surface area (Å²) < 4.78 is 50.7. The average molecular weight is 342 g/mol. The maximum Gasteiger partial charge on any atom is 0.471 e. The van der Waals surface area contributed by atoms with Crippen LogP contribution in [-0.2, 0) is 4.79 Å². The lowest BCUT2D eigenvalue weighted by molar-refractivity contribution is -0.186. The highest BCUT2D eigenvalue weighted by Crippen LogP contribution is 2.33. The van der Waals surface area contributed by atoms with Gasteiger partial charge in [0.1, 0.15) is 5.82 Å². The first-order chi connectivity index (χ1) is 11.3. The molecule has 1 fully saturated rings. The predicted molar refractivity (Wildman–Crippen MR) is 79.3 cm³/mol. The van der Waals surface area contributed by atoms with Crippen molar-refractivity contribution in [2.45, 2.75) is 37.8 Å². The zero-order valence-corrected chi connectivity index (χ0v) is 13.0. The second-order valence-electron chi connectivity index (χ2n) is 6.08. The number of nitriles is 1. The molecule has 0 radical (unpaired) electrons. The van der Waals surface area contributed by atoms with Crippen LogP contribution in [0.2, 0.25) is 0 Å². The van der Waals surface area contributed by atoms with E-state index < -0.39 is 12.1 Å². The molecule has 0 N–H and O–H groups in total. The summed E-state index contributed by atoms with van der Waals surface area (Å²) in [4.78, 5) is 12.1. The Morgan fingerprint density at radius 2 is 2.00 bits per heavy atom. The summed E-state index contributed by atoms with van der Waals surface area (Å²) in [6.45, 7) is 0.122. The molecular formula is C17H18F4N2O. The Kier molecular flexibility index (Phi) is 5.81. The Hall–Kier alpha value is -2.10. The highest BCUT2D eigenvalue weighted by atomic mass is 19.4. The van der Waals surface area contributed by atoms with Crippen LogP contribution in [0.15, 0.2) is 24.3 Å². The average Bonchev–Trinajstić information content (AvgIpc) is 2.53. The van der Waals surface area contributed by atoms with Crippen molar-refractivity contribution in [2.24, 2.45) is 5.92 Å². The Balaban J connectivity index is 1.96. The second kappa shape index (κ2) is 7.65. The third-order valence-corrected chi connectivity index (χ3v) is 4.42. The SMILES string of the molecule is N#CCC(CC1CCN(C(=O)C(F)(F)F)CC1)c1cccc(F)c1. The van der Waals surface area contributed by atoms with Crippen molar-refractivity contribution in [3.8, 4) is 6.07 Å². The van der Waals surface area contributed by atoms with Crippen molar-refractivity contribution >= 4 is 5.91 Å². The highest BCUT2D eigenvalue weighted by molar-refractivity contribution is 5.81. The molecule has 1 saturated heterocycles.